The highest BCUT2D eigenvalue weighted by Crippen LogP contribution is 2.18. The van der Waals surface area contributed by atoms with E-state index in [1.807, 2.05) is 35.9 Å². The van der Waals surface area contributed by atoms with Gasteiger partial charge in [0, 0.05) is 17.7 Å². The molecule has 5 nitrogen and oxygen atoms in total. The van der Waals surface area contributed by atoms with Gasteiger partial charge in [0.1, 0.15) is 11.0 Å². The molecule has 7 heteroatoms. The van der Waals surface area contributed by atoms with E-state index in [9.17, 15) is 4.79 Å². The summed E-state index contributed by atoms with van der Waals surface area (Å²) in [6.45, 7) is 0.312. The first-order valence-electron chi connectivity index (χ1n) is 6.56. The van der Waals surface area contributed by atoms with Crippen molar-refractivity contribution in [2.45, 2.75) is 6.54 Å². The second-order valence-electron chi connectivity index (χ2n) is 4.75. The average Bonchev–Trinajstić information content (AvgIpc) is 2.84. The van der Waals surface area contributed by atoms with E-state index in [2.05, 4.69) is 31.2 Å². The molecule has 0 bridgehead atoms. The summed E-state index contributed by atoms with van der Waals surface area (Å²) in [4.78, 5) is 20.7. The number of halogens is 2. The monoisotopic (exact) mass is 378 g/mol. The summed E-state index contributed by atoms with van der Waals surface area (Å²) >= 11 is 9.23. The van der Waals surface area contributed by atoms with Gasteiger partial charge < -0.3 is 9.88 Å². The Kier molecular flexibility index (Phi) is 4.13. The zero-order valence-corrected chi connectivity index (χ0v) is 14.0. The molecule has 3 rings (SSSR count). The Morgan fingerprint density at radius 3 is 2.95 bits per heavy atom. The van der Waals surface area contributed by atoms with Crippen molar-refractivity contribution in [3.8, 4) is 0 Å². The summed E-state index contributed by atoms with van der Waals surface area (Å²) in [6, 6.07) is 9.46. The Labute approximate surface area is 140 Å². The lowest BCUT2D eigenvalue weighted by molar-refractivity contribution is 0.0949. The van der Waals surface area contributed by atoms with E-state index in [-0.39, 0.29) is 11.1 Å². The van der Waals surface area contributed by atoms with Crippen molar-refractivity contribution in [1.29, 1.82) is 0 Å². The molecule has 2 aromatic heterocycles. The molecule has 0 saturated carbocycles. The van der Waals surface area contributed by atoms with Crippen LogP contribution in [0.5, 0.6) is 0 Å². The fraction of sp³-hybridized carbons (Fsp3) is 0.133. The maximum absolute atomic E-state index is 12.2. The van der Waals surface area contributed by atoms with Crippen LogP contribution in [0.4, 0.5) is 0 Å². The average molecular weight is 380 g/mol. The normalized spacial score (nSPS) is 10.9. The topological polar surface area (TPSA) is 59.8 Å². The first-order valence-corrected chi connectivity index (χ1v) is 7.73. The summed E-state index contributed by atoms with van der Waals surface area (Å²) < 4.78 is 2.65. The van der Waals surface area contributed by atoms with Crippen LogP contribution in [0.25, 0.3) is 11.0 Å². The predicted molar refractivity (Wildman–Crippen MR) is 88.8 cm³/mol. The SMILES string of the molecule is Cn1c(CNC(=O)c2cc(Br)cnc2Cl)nc2ccccc21. The number of amides is 1. The number of hydrogen-bond donors (Lipinski definition) is 1. The van der Waals surface area contributed by atoms with Crippen LogP contribution in [0.15, 0.2) is 41.0 Å². The third-order valence-electron chi connectivity index (χ3n) is 3.34. The number of nitrogens with one attached hydrogen (secondary N) is 1. The lowest BCUT2D eigenvalue weighted by Crippen LogP contribution is -2.25. The first kappa shape index (κ1) is 15.0. The summed E-state index contributed by atoms with van der Waals surface area (Å²) in [6.07, 6.45) is 1.55. The number of rotatable bonds is 3. The van der Waals surface area contributed by atoms with Gasteiger partial charge in [-0.3, -0.25) is 4.79 Å². The molecule has 2 heterocycles. The molecule has 0 fully saturated rings. The largest absolute Gasteiger partial charge is 0.345 e. The quantitative estimate of drug-likeness (QED) is 0.710. The van der Waals surface area contributed by atoms with Crippen molar-refractivity contribution in [3.05, 3.63) is 57.5 Å². The summed E-state index contributed by atoms with van der Waals surface area (Å²) in [5, 5.41) is 2.99. The first-order chi connectivity index (χ1) is 10.6. The van der Waals surface area contributed by atoms with E-state index >= 15 is 0 Å². The van der Waals surface area contributed by atoms with Gasteiger partial charge in [0.15, 0.2) is 0 Å². The smallest absolute Gasteiger partial charge is 0.254 e. The number of aromatic nitrogens is 3. The third kappa shape index (κ3) is 2.84. The van der Waals surface area contributed by atoms with Crippen molar-refractivity contribution >= 4 is 44.5 Å². The van der Waals surface area contributed by atoms with Crippen molar-refractivity contribution in [2.75, 3.05) is 0 Å². The fourth-order valence-corrected chi connectivity index (χ4v) is 2.71. The Balaban J connectivity index is 1.80. The zero-order valence-electron chi connectivity index (χ0n) is 11.7. The van der Waals surface area contributed by atoms with Crippen LogP contribution < -0.4 is 5.32 Å². The Morgan fingerprint density at radius 1 is 1.41 bits per heavy atom. The van der Waals surface area contributed by atoms with E-state index in [1.165, 1.54) is 0 Å². The van der Waals surface area contributed by atoms with Crippen molar-refractivity contribution in [3.63, 3.8) is 0 Å². The molecule has 0 aliphatic rings. The maximum Gasteiger partial charge on any atom is 0.254 e. The van der Waals surface area contributed by atoms with Gasteiger partial charge in [-0.25, -0.2) is 9.97 Å². The minimum Gasteiger partial charge on any atom is -0.345 e. The number of carbonyl (C=O) groups is 1. The van der Waals surface area contributed by atoms with Crippen LogP contribution in [0, 0.1) is 0 Å². The molecule has 0 saturated heterocycles. The van der Waals surface area contributed by atoms with Gasteiger partial charge in [0.25, 0.3) is 5.91 Å². The van der Waals surface area contributed by atoms with Gasteiger partial charge in [0.2, 0.25) is 0 Å². The van der Waals surface area contributed by atoms with Gasteiger partial charge >= 0.3 is 0 Å². The molecule has 0 aliphatic carbocycles. The van der Waals surface area contributed by atoms with E-state index in [4.69, 9.17) is 11.6 Å². The molecule has 0 aliphatic heterocycles. The van der Waals surface area contributed by atoms with Gasteiger partial charge in [0.05, 0.1) is 23.1 Å². The van der Waals surface area contributed by atoms with Crippen molar-refractivity contribution in [2.24, 2.45) is 7.05 Å². The Hall–Kier alpha value is -1.92. The highest BCUT2D eigenvalue weighted by Gasteiger charge is 2.13. The van der Waals surface area contributed by atoms with Gasteiger partial charge in [-0.1, -0.05) is 23.7 Å². The molecule has 22 heavy (non-hydrogen) atoms. The molecule has 0 unspecified atom stereocenters. The van der Waals surface area contributed by atoms with Crippen molar-refractivity contribution < 1.29 is 4.79 Å². The zero-order chi connectivity index (χ0) is 15.7. The minimum atomic E-state index is -0.286. The molecule has 3 aromatic rings. The summed E-state index contributed by atoms with van der Waals surface area (Å²) in [5.74, 6) is 0.486. The van der Waals surface area contributed by atoms with Crippen LogP contribution >= 0.6 is 27.5 Å². The molecule has 0 spiro atoms. The summed E-state index contributed by atoms with van der Waals surface area (Å²) in [7, 11) is 1.92. The molecular weight excluding hydrogens is 368 g/mol. The second-order valence-corrected chi connectivity index (χ2v) is 6.02. The Bertz CT molecular complexity index is 862. The number of para-hydroxylation sites is 2. The minimum absolute atomic E-state index is 0.172. The number of carbonyl (C=O) groups excluding carboxylic acids is 1. The van der Waals surface area contributed by atoms with Crippen molar-refractivity contribution in [1.82, 2.24) is 19.9 Å². The molecule has 1 aromatic carbocycles. The summed E-state index contributed by atoms with van der Waals surface area (Å²) in [5.41, 5.74) is 2.25. The van der Waals surface area contributed by atoms with Crippen LogP contribution in [0.2, 0.25) is 5.15 Å². The second kappa shape index (κ2) is 6.06. The van der Waals surface area contributed by atoms with E-state index in [0.717, 1.165) is 16.9 Å². The van der Waals surface area contributed by atoms with Crippen LogP contribution in [0.3, 0.4) is 0 Å². The number of benzene rings is 1. The van der Waals surface area contributed by atoms with Gasteiger partial charge in [-0.05, 0) is 34.1 Å². The lowest BCUT2D eigenvalue weighted by atomic mass is 10.2. The van der Waals surface area contributed by atoms with Gasteiger partial charge in [-0.15, -0.1) is 0 Å². The standard InChI is InChI=1S/C15H12BrClN4O/c1-21-12-5-3-2-4-11(12)20-13(21)8-19-15(22)10-6-9(16)7-18-14(10)17/h2-7H,8H2,1H3,(H,19,22). The number of hydrogen-bond acceptors (Lipinski definition) is 3. The highest BCUT2D eigenvalue weighted by molar-refractivity contribution is 9.10. The molecule has 112 valence electrons. The molecular formula is C15H12BrClN4O. The number of aryl methyl sites for hydroxylation is 1. The molecule has 1 amide bonds. The number of nitrogens with zero attached hydrogens (tertiary/aromatic N) is 3. The van der Waals surface area contributed by atoms with E-state index in [0.29, 0.717) is 16.6 Å². The highest BCUT2D eigenvalue weighted by atomic mass is 79.9. The van der Waals surface area contributed by atoms with Crippen LogP contribution in [-0.2, 0) is 13.6 Å². The number of imidazole rings is 1. The van der Waals surface area contributed by atoms with Gasteiger partial charge in [-0.2, -0.15) is 0 Å². The van der Waals surface area contributed by atoms with Crippen LogP contribution in [-0.4, -0.2) is 20.4 Å². The molecule has 0 atom stereocenters. The Morgan fingerprint density at radius 2 is 2.18 bits per heavy atom. The van der Waals surface area contributed by atoms with E-state index in [1.54, 1.807) is 12.3 Å². The maximum atomic E-state index is 12.2. The molecule has 1 N–H and O–H groups in total. The van der Waals surface area contributed by atoms with Crippen LogP contribution in [0.1, 0.15) is 16.2 Å². The predicted octanol–water partition coefficient (Wildman–Crippen LogP) is 3.31. The fourth-order valence-electron chi connectivity index (χ4n) is 2.19. The number of fused-ring (bicyclic) bond motifs is 1. The van der Waals surface area contributed by atoms with E-state index < -0.39 is 0 Å². The third-order valence-corrected chi connectivity index (χ3v) is 4.07. The molecule has 0 radical (unpaired) electrons. The lowest BCUT2D eigenvalue weighted by Gasteiger charge is -2.07. The number of pyridine rings is 1.